The van der Waals surface area contributed by atoms with Gasteiger partial charge >= 0.3 is 0 Å². The van der Waals surface area contributed by atoms with E-state index in [1.165, 1.54) is 0 Å². The summed E-state index contributed by atoms with van der Waals surface area (Å²) in [6.07, 6.45) is 2.43. The van der Waals surface area contributed by atoms with Crippen molar-refractivity contribution in [1.29, 1.82) is 0 Å². The maximum atomic E-state index is 12.6. The van der Waals surface area contributed by atoms with Gasteiger partial charge < -0.3 is 10.4 Å². The molecule has 2 N–H and O–H groups in total. The predicted molar refractivity (Wildman–Crippen MR) is 83.5 cm³/mol. The molecule has 4 heteroatoms. The minimum atomic E-state index is -0.344. The molecule has 20 heavy (non-hydrogen) atoms. The van der Waals surface area contributed by atoms with Gasteiger partial charge in [0.05, 0.1) is 5.41 Å². The van der Waals surface area contributed by atoms with Crippen LogP contribution < -0.4 is 5.32 Å². The van der Waals surface area contributed by atoms with E-state index in [1.54, 1.807) is 0 Å². The van der Waals surface area contributed by atoms with E-state index in [2.05, 4.69) is 35.1 Å². The molecule has 0 saturated heterocycles. The quantitative estimate of drug-likeness (QED) is 0.836. The first-order chi connectivity index (χ1) is 9.49. The molecular weight excluding hydrogens is 318 g/mol. The average molecular weight is 340 g/mol. The van der Waals surface area contributed by atoms with Gasteiger partial charge in [0.25, 0.3) is 0 Å². The number of nitrogens with one attached hydrogen (secondary N) is 1. The molecule has 1 aromatic carbocycles. The number of hydrogen-bond donors (Lipinski definition) is 2. The fourth-order valence-corrected chi connectivity index (χ4v) is 2.82. The van der Waals surface area contributed by atoms with Crippen LogP contribution in [0.3, 0.4) is 0 Å². The summed E-state index contributed by atoms with van der Waals surface area (Å²) in [5.74, 6) is 0.429. The van der Waals surface area contributed by atoms with Crippen LogP contribution in [0.2, 0.25) is 0 Å². The number of carbonyl (C=O) groups excluding carboxylic acids is 1. The van der Waals surface area contributed by atoms with Gasteiger partial charge in [-0.15, -0.1) is 0 Å². The van der Waals surface area contributed by atoms with Crippen molar-refractivity contribution in [3.63, 3.8) is 0 Å². The maximum absolute atomic E-state index is 12.6. The highest BCUT2D eigenvalue weighted by Crippen LogP contribution is 2.48. The molecule has 0 aromatic heterocycles. The molecule has 3 nitrogen and oxygen atoms in total. The molecule has 0 radical (unpaired) electrons. The lowest BCUT2D eigenvalue weighted by atomic mass is 9.93. The molecule has 1 saturated carbocycles. The molecule has 1 atom stereocenters. The summed E-state index contributed by atoms with van der Waals surface area (Å²) in [5.41, 5.74) is 0.744. The smallest absolute Gasteiger partial charge is 0.230 e. The summed E-state index contributed by atoms with van der Waals surface area (Å²) >= 11 is 3.42. The molecule has 2 rings (SSSR count). The predicted octanol–water partition coefficient (Wildman–Crippen LogP) is 3.00. The van der Waals surface area contributed by atoms with Crippen LogP contribution in [-0.2, 0) is 10.2 Å². The third-order valence-electron chi connectivity index (χ3n) is 4.14. The Morgan fingerprint density at radius 1 is 1.35 bits per heavy atom. The summed E-state index contributed by atoms with van der Waals surface area (Å²) < 4.78 is 1.03. The zero-order valence-electron chi connectivity index (χ0n) is 12.0. The molecule has 1 fully saturated rings. The lowest BCUT2D eigenvalue weighted by Crippen LogP contribution is -2.44. The Balaban J connectivity index is 2.10. The van der Waals surface area contributed by atoms with Crippen LogP contribution in [-0.4, -0.2) is 23.7 Å². The standard InChI is InChI=1S/C16H22BrNO2/c1-11(2)14(7-10-19)18-15(20)16(8-9-16)12-3-5-13(17)6-4-12/h3-6,11,14,19H,7-10H2,1-2H3,(H,18,20). The van der Waals surface area contributed by atoms with E-state index in [0.29, 0.717) is 12.3 Å². The van der Waals surface area contributed by atoms with E-state index in [0.717, 1.165) is 22.9 Å². The van der Waals surface area contributed by atoms with Crippen LogP contribution in [0.5, 0.6) is 0 Å². The van der Waals surface area contributed by atoms with Gasteiger partial charge in [-0.05, 0) is 42.9 Å². The summed E-state index contributed by atoms with van der Waals surface area (Å²) in [6, 6.07) is 8.05. The Bertz CT molecular complexity index is 466. The molecule has 1 aliphatic carbocycles. The number of halogens is 1. The van der Waals surface area contributed by atoms with E-state index in [1.807, 2.05) is 24.3 Å². The Morgan fingerprint density at radius 2 is 1.95 bits per heavy atom. The minimum Gasteiger partial charge on any atom is -0.396 e. The van der Waals surface area contributed by atoms with Crippen molar-refractivity contribution in [2.45, 2.75) is 44.6 Å². The van der Waals surface area contributed by atoms with Crippen molar-refractivity contribution in [1.82, 2.24) is 5.32 Å². The van der Waals surface area contributed by atoms with Crippen LogP contribution in [0.15, 0.2) is 28.7 Å². The largest absolute Gasteiger partial charge is 0.396 e. The highest BCUT2D eigenvalue weighted by atomic mass is 79.9. The number of benzene rings is 1. The summed E-state index contributed by atoms with van der Waals surface area (Å²) in [4.78, 5) is 12.6. The van der Waals surface area contributed by atoms with Gasteiger partial charge in [-0.25, -0.2) is 0 Å². The number of hydrogen-bond acceptors (Lipinski definition) is 2. The first-order valence-electron chi connectivity index (χ1n) is 7.17. The summed E-state index contributed by atoms with van der Waals surface area (Å²) in [5, 5.41) is 12.2. The summed E-state index contributed by atoms with van der Waals surface area (Å²) in [6.45, 7) is 4.24. The third-order valence-corrected chi connectivity index (χ3v) is 4.67. The van der Waals surface area contributed by atoms with E-state index in [9.17, 15) is 4.79 Å². The van der Waals surface area contributed by atoms with Crippen molar-refractivity contribution in [3.8, 4) is 0 Å². The number of carbonyl (C=O) groups is 1. The second kappa shape index (κ2) is 6.27. The molecule has 1 aromatic rings. The first-order valence-corrected chi connectivity index (χ1v) is 7.97. The van der Waals surface area contributed by atoms with Gasteiger partial charge in [0.1, 0.15) is 0 Å². The van der Waals surface area contributed by atoms with Gasteiger partial charge in [0.2, 0.25) is 5.91 Å². The fraction of sp³-hybridized carbons (Fsp3) is 0.562. The van der Waals surface area contributed by atoms with Gasteiger partial charge in [-0.3, -0.25) is 4.79 Å². The number of rotatable bonds is 6. The number of aliphatic hydroxyl groups is 1. The third kappa shape index (κ3) is 3.23. The zero-order valence-corrected chi connectivity index (χ0v) is 13.6. The van der Waals surface area contributed by atoms with Crippen molar-refractivity contribution in [3.05, 3.63) is 34.3 Å². The van der Waals surface area contributed by atoms with Crippen LogP contribution >= 0.6 is 15.9 Å². The molecular formula is C16H22BrNO2. The lowest BCUT2D eigenvalue weighted by Gasteiger charge is -2.25. The molecule has 0 heterocycles. The normalized spacial score (nSPS) is 17.9. The van der Waals surface area contributed by atoms with Crippen LogP contribution in [0.4, 0.5) is 0 Å². The SMILES string of the molecule is CC(C)C(CCO)NC(=O)C1(c2ccc(Br)cc2)CC1. The van der Waals surface area contributed by atoms with Gasteiger partial charge in [-0.1, -0.05) is 41.9 Å². The summed E-state index contributed by atoms with van der Waals surface area (Å²) in [7, 11) is 0. The average Bonchev–Trinajstić information content (AvgIpc) is 3.20. The highest BCUT2D eigenvalue weighted by Gasteiger charge is 2.51. The minimum absolute atomic E-state index is 0.0421. The first kappa shape index (κ1) is 15.5. The second-order valence-electron chi connectivity index (χ2n) is 5.93. The van der Waals surface area contributed by atoms with E-state index >= 15 is 0 Å². The Kier molecular flexibility index (Phi) is 4.86. The molecule has 1 amide bonds. The molecule has 1 aliphatic rings. The fourth-order valence-electron chi connectivity index (χ4n) is 2.56. The Labute approximate surface area is 128 Å². The zero-order chi connectivity index (χ0) is 14.8. The van der Waals surface area contributed by atoms with Crippen LogP contribution in [0.1, 0.15) is 38.7 Å². The monoisotopic (exact) mass is 339 g/mol. The molecule has 0 aliphatic heterocycles. The van der Waals surface area contributed by atoms with Gasteiger partial charge in [0.15, 0.2) is 0 Å². The molecule has 110 valence electrons. The van der Waals surface area contributed by atoms with E-state index < -0.39 is 0 Å². The second-order valence-corrected chi connectivity index (χ2v) is 6.84. The molecule has 0 spiro atoms. The van der Waals surface area contributed by atoms with Crippen LogP contribution in [0.25, 0.3) is 0 Å². The number of amides is 1. The number of aliphatic hydroxyl groups excluding tert-OH is 1. The van der Waals surface area contributed by atoms with Gasteiger partial charge in [-0.2, -0.15) is 0 Å². The maximum Gasteiger partial charge on any atom is 0.230 e. The van der Waals surface area contributed by atoms with E-state index in [4.69, 9.17) is 5.11 Å². The van der Waals surface area contributed by atoms with Crippen molar-refractivity contribution < 1.29 is 9.90 Å². The lowest BCUT2D eigenvalue weighted by molar-refractivity contribution is -0.124. The Hall–Kier alpha value is -0.870. The van der Waals surface area contributed by atoms with Crippen molar-refractivity contribution in [2.24, 2.45) is 5.92 Å². The molecule has 1 unspecified atom stereocenters. The topological polar surface area (TPSA) is 49.3 Å². The Morgan fingerprint density at radius 3 is 2.40 bits per heavy atom. The van der Waals surface area contributed by atoms with Crippen molar-refractivity contribution in [2.75, 3.05) is 6.61 Å². The van der Waals surface area contributed by atoms with E-state index in [-0.39, 0.29) is 24.0 Å². The van der Waals surface area contributed by atoms with Crippen molar-refractivity contribution >= 4 is 21.8 Å². The highest BCUT2D eigenvalue weighted by molar-refractivity contribution is 9.10. The van der Waals surface area contributed by atoms with Crippen LogP contribution in [0, 0.1) is 5.92 Å². The van der Waals surface area contributed by atoms with Gasteiger partial charge in [0, 0.05) is 17.1 Å². The molecule has 0 bridgehead atoms.